The molecule has 2 atom stereocenters. The maximum absolute atomic E-state index is 13.7. The van der Waals surface area contributed by atoms with Crippen molar-refractivity contribution in [3.8, 4) is 23.0 Å². The summed E-state index contributed by atoms with van der Waals surface area (Å²) in [6, 6.07) is 14.3. The van der Waals surface area contributed by atoms with Crippen LogP contribution in [0.3, 0.4) is 0 Å². The lowest BCUT2D eigenvalue weighted by molar-refractivity contribution is 0.0809. The maximum atomic E-state index is 13.7. The van der Waals surface area contributed by atoms with Crippen molar-refractivity contribution in [3.05, 3.63) is 95.3 Å². The van der Waals surface area contributed by atoms with Crippen molar-refractivity contribution in [2.75, 3.05) is 33.2 Å². The van der Waals surface area contributed by atoms with Gasteiger partial charge in [-0.3, -0.25) is 19.6 Å². The van der Waals surface area contributed by atoms with Crippen LogP contribution in [0.1, 0.15) is 65.3 Å². The highest BCUT2D eigenvalue weighted by Gasteiger charge is 2.34. The molecule has 0 aliphatic carbocycles. The number of aliphatic imine (C=N–C) groups is 2. The number of ether oxygens (including phenoxy) is 4. The van der Waals surface area contributed by atoms with Gasteiger partial charge in [0.15, 0.2) is 23.0 Å². The average Bonchev–Trinajstić information content (AvgIpc) is 3.70. The molecule has 0 unspecified atom stereocenters. The topological polar surface area (TPSA) is 128 Å². The Bertz CT molecular complexity index is 2010. The molecule has 7 rings (SSSR count). The van der Waals surface area contributed by atoms with Gasteiger partial charge in [0.25, 0.3) is 11.8 Å². The zero-order valence-corrected chi connectivity index (χ0v) is 29.0. The molecule has 11 heteroatoms. The lowest BCUT2D eigenvalue weighted by Gasteiger charge is -2.19. The zero-order chi connectivity index (χ0) is 35.5. The number of amides is 2. The summed E-state index contributed by atoms with van der Waals surface area (Å²) in [4.78, 5) is 39.8. The van der Waals surface area contributed by atoms with Crippen molar-refractivity contribution in [2.45, 2.75) is 51.1 Å². The molecule has 4 aliphatic rings. The molecule has 4 heterocycles. The number of nitrogen functional groups attached to an aromatic ring is 1. The summed E-state index contributed by atoms with van der Waals surface area (Å²) in [5.41, 5.74) is 11.9. The van der Waals surface area contributed by atoms with Crippen LogP contribution in [0.4, 0.5) is 17.1 Å². The standard InChI is InChI=1S/C40H41N5O6/c1-4-9-25-14-29-21-42-33-19-37(35(48-2)17-31(33)39(46)44(29)23-25)50-12-6-5-7-13-51-38-20-34-32(18-36(38)49-3)40(47)45-24-27(16-30(45)22-43-34)26-10-8-11-28(41)15-26/h4,8-11,15,17-24,29-30H,5-7,12-14,16,41H2,1-3H3/t29-,30-/m0/s1. The number of carbonyl (C=O) groups is 2. The van der Waals surface area contributed by atoms with E-state index in [0.717, 1.165) is 42.4 Å². The fraction of sp³-hybridized carbons (Fsp3) is 0.300. The van der Waals surface area contributed by atoms with Gasteiger partial charge < -0.3 is 34.5 Å². The number of unbranched alkanes of at least 4 members (excludes halogenated alkanes) is 2. The lowest BCUT2D eigenvalue weighted by atomic mass is 10.0. The predicted molar refractivity (Wildman–Crippen MR) is 198 cm³/mol. The second-order valence-corrected chi connectivity index (χ2v) is 12.8. The molecule has 11 nitrogen and oxygen atoms in total. The quantitative estimate of drug-likeness (QED) is 0.157. The minimum Gasteiger partial charge on any atom is -0.493 e. The van der Waals surface area contributed by atoms with E-state index in [1.165, 1.54) is 0 Å². The first-order valence-corrected chi connectivity index (χ1v) is 17.2. The molecule has 0 fully saturated rings. The third-order valence-electron chi connectivity index (χ3n) is 9.40. The van der Waals surface area contributed by atoms with Gasteiger partial charge in [0, 0.05) is 49.1 Å². The highest BCUT2D eigenvalue weighted by atomic mass is 16.5. The monoisotopic (exact) mass is 687 g/mol. The number of methoxy groups -OCH3 is 2. The minimum atomic E-state index is -0.188. The van der Waals surface area contributed by atoms with Crippen LogP contribution in [0, 0.1) is 0 Å². The number of hydrogen-bond donors (Lipinski definition) is 1. The van der Waals surface area contributed by atoms with Crippen LogP contribution in [0.2, 0.25) is 0 Å². The Morgan fingerprint density at radius 3 is 1.92 bits per heavy atom. The molecule has 3 aromatic rings. The van der Waals surface area contributed by atoms with E-state index >= 15 is 0 Å². The normalized spacial score (nSPS) is 18.8. The summed E-state index contributed by atoms with van der Waals surface area (Å²) < 4.78 is 23.4. The van der Waals surface area contributed by atoms with Crippen LogP contribution in [0.25, 0.3) is 5.57 Å². The van der Waals surface area contributed by atoms with Gasteiger partial charge in [-0.2, -0.15) is 0 Å². The summed E-state index contributed by atoms with van der Waals surface area (Å²) in [7, 11) is 3.13. The van der Waals surface area contributed by atoms with E-state index in [0.29, 0.717) is 70.8 Å². The Kier molecular flexibility index (Phi) is 9.61. The van der Waals surface area contributed by atoms with Gasteiger partial charge in [0.05, 0.1) is 62.0 Å². The van der Waals surface area contributed by atoms with Gasteiger partial charge in [0.2, 0.25) is 0 Å². The average molecular weight is 688 g/mol. The summed E-state index contributed by atoms with van der Waals surface area (Å²) in [6.45, 7) is 2.88. The summed E-state index contributed by atoms with van der Waals surface area (Å²) in [5.74, 6) is 1.80. The van der Waals surface area contributed by atoms with E-state index in [9.17, 15) is 9.59 Å². The number of nitrogens with zero attached hydrogens (tertiary/aromatic N) is 4. The molecule has 0 radical (unpaired) electrons. The van der Waals surface area contributed by atoms with Gasteiger partial charge in [0.1, 0.15) is 0 Å². The molecule has 262 valence electrons. The molecule has 4 aliphatic heterocycles. The van der Waals surface area contributed by atoms with Crippen molar-refractivity contribution >= 4 is 46.9 Å². The number of benzene rings is 3. The number of rotatable bonds is 12. The number of carbonyl (C=O) groups excluding carboxylic acids is 2. The maximum Gasteiger partial charge on any atom is 0.260 e. The molecule has 0 aromatic heterocycles. The Morgan fingerprint density at radius 2 is 1.35 bits per heavy atom. The molecule has 3 aromatic carbocycles. The lowest BCUT2D eigenvalue weighted by Crippen LogP contribution is -2.32. The van der Waals surface area contributed by atoms with Gasteiger partial charge in [-0.15, -0.1) is 0 Å². The SMILES string of the molecule is CC=CC1=CN2C(=O)c3cc(OC)c(OCCCCCOc4cc5c(cc4OC)C(=O)N4C=C(c6cccc(N)c6)C[C@H]4C=N5)cc3N=C[C@@H]2C1. The van der Waals surface area contributed by atoms with E-state index in [2.05, 4.69) is 4.99 Å². The molecular weight excluding hydrogens is 646 g/mol. The fourth-order valence-electron chi connectivity index (χ4n) is 6.79. The highest BCUT2D eigenvalue weighted by molar-refractivity contribution is 6.06. The van der Waals surface area contributed by atoms with Crippen molar-refractivity contribution in [1.82, 2.24) is 9.80 Å². The van der Waals surface area contributed by atoms with E-state index in [1.54, 1.807) is 48.3 Å². The van der Waals surface area contributed by atoms with Crippen molar-refractivity contribution in [3.63, 3.8) is 0 Å². The Hall–Kier alpha value is -5.84. The van der Waals surface area contributed by atoms with Crippen LogP contribution in [0.15, 0.2) is 88.6 Å². The second-order valence-electron chi connectivity index (χ2n) is 12.8. The first kappa shape index (κ1) is 33.6. The first-order valence-electron chi connectivity index (χ1n) is 17.2. The minimum absolute atomic E-state index is 0.109. The number of anilines is 1. The predicted octanol–water partition coefficient (Wildman–Crippen LogP) is 7.28. The van der Waals surface area contributed by atoms with E-state index in [4.69, 9.17) is 29.7 Å². The molecule has 2 N–H and O–H groups in total. The molecule has 2 amide bonds. The molecule has 0 bridgehead atoms. The Balaban J connectivity index is 0.931. The molecule has 0 saturated heterocycles. The molecule has 0 spiro atoms. The molecule has 51 heavy (non-hydrogen) atoms. The number of nitrogens with two attached hydrogens (primary N) is 1. The third kappa shape index (κ3) is 6.84. The Labute approximate surface area is 297 Å². The number of allylic oxidation sites excluding steroid dienone is 2. The zero-order valence-electron chi connectivity index (χ0n) is 29.0. The van der Waals surface area contributed by atoms with Crippen LogP contribution in [0.5, 0.6) is 23.0 Å². The van der Waals surface area contributed by atoms with Gasteiger partial charge >= 0.3 is 0 Å². The largest absolute Gasteiger partial charge is 0.493 e. The fourth-order valence-corrected chi connectivity index (χ4v) is 6.79. The van der Waals surface area contributed by atoms with E-state index < -0.39 is 0 Å². The van der Waals surface area contributed by atoms with Crippen LogP contribution in [-0.4, -0.2) is 73.6 Å². The van der Waals surface area contributed by atoms with Crippen molar-refractivity contribution in [2.24, 2.45) is 9.98 Å². The van der Waals surface area contributed by atoms with Crippen molar-refractivity contribution < 1.29 is 28.5 Å². The number of fused-ring (bicyclic) bond motifs is 4. The van der Waals surface area contributed by atoms with Crippen LogP contribution >= 0.6 is 0 Å². The van der Waals surface area contributed by atoms with Gasteiger partial charge in [-0.25, -0.2) is 0 Å². The summed E-state index contributed by atoms with van der Waals surface area (Å²) in [5, 5.41) is 0. The Morgan fingerprint density at radius 1 is 0.765 bits per heavy atom. The summed E-state index contributed by atoms with van der Waals surface area (Å²) in [6.07, 6.45) is 15.2. The van der Waals surface area contributed by atoms with Gasteiger partial charge in [-0.05, 0) is 73.6 Å². The smallest absolute Gasteiger partial charge is 0.260 e. The highest BCUT2D eigenvalue weighted by Crippen LogP contribution is 2.41. The number of hydrogen-bond acceptors (Lipinski definition) is 9. The summed E-state index contributed by atoms with van der Waals surface area (Å²) >= 11 is 0. The second kappa shape index (κ2) is 14.6. The van der Waals surface area contributed by atoms with E-state index in [-0.39, 0.29) is 23.9 Å². The van der Waals surface area contributed by atoms with E-state index in [1.807, 2.05) is 68.2 Å². The first-order chi connectivity index (χ1) is 24.9. The van der Waals surface area contributed by atoms with Crippen molar-refractivity contribution in [1.29, 1.82) is 0 Å². The third-order valence-corrected chi connectivity index (χ3v) is 9.40. The molecular formula is C40H41N5O6. The molecule has 0 saturated carbocycles. The van der Waals surface area contributed by atoms with Crippen LogP contribution in [-0.2, 0) is 0 Å². The van der Waals surface area contributed by atoms with Gasteiger partial charge in [-0.1, -0.05) is 24.3 Å². The van der Waals surface area contributed by atoms with Crippen LogP contribution < -0.4 is 24.7 Å².